The van der Waals surface area contributed by atoms with E-state index in [0.29, 0.717) is 11.3 Å². The van der Waals surface area contributed by atoms with Crippen LogP contribution >= 0.6 is 0 Å². The summed E-state index contributed by atoms with van der Waals surface area (Å²) in [7, 11) is 0. The highest BCUT2D eigenvalue weighted by Crippen LogP contribution is 2.02. The molecule has 0 saturated carbocycles. The van der Waals surface area contributed by atoms with Gasteiger partial charge in [-0.1, -0.05) is 0 Å². The monoisotopic (exact) mass is 162 g/mol. The minimum atomic E-state index is -0.492. The lowest BCUT2D eigenvalue weighted by Gasteiger charge is -1.93. The molecule has 60 valence electrons. The number of nitrogens with zero attached hydrogens (tertiary/aromatic N) is 3. The van der Waals surface area contributed by atoms with E-state index in [4.69, 9.17) is 5.73 Å². The molecule has 0 unspecified atom stereocenters. The van der Waals surface area contributed by atoms with E-state index in [1.165, 1.54) is 6.20 Å². The van der Waals surface area contributed by atoms with Gasteiger partial charge >= 0.3 is 0 Å². The van der Waals surface area contributed by atoms with E-state index in [2.05, 4.69) is 9.97 Å². The van der Waals surface area contributed by atoms with E-state index in [0.717, 1.165) is 0 Å². The molecule has 0 atom stereocenters. The van der Waals surface area contributed by atoms with Gasteiger partial charge in [0.2, 0.25) is 0 Å². The van der Waals surface area contributed by atoms with Gasteiger partial charge in [0.05, 0.1) is 12.4 Å². The fraction of sp³-hybridized carbons (Fsp3) is 0. The Labute approximate surface area is 67.9 Å². The van der Waals surface area contributed by atoms with Gasteiger partial charge in [0, 0.05) is 12.4 Å². The average Bonchev–Trinajstić information content (AvgIpc) is 2.47. The maximum absolute atomic E-state index is 10.8. The Bertz CT molecular complexity index is 434. The first-order chi connectivity index (χ1) is 5.79. The maximum atomic E-state index is 10.8. The van der Waals surface area contributed by atoms with Crippen molar-refractivity contribution in [1.82, 2.24) is 14.4 Å². The van der Waals surface area contributed by atoms with Crippen LogP contribution in [0.1, 0.15) is 10.5 Å². The molecule has 0 radical (unpaired) electrons. The van der Waals surface area contributed by atoms with Crippen molar-refractivity contribution < 1.29 is 4.79 Å². The molecule has 0 aliphatic heterocycles. The van der Waals surface area contributed by atoms with E-state index < -0.39 is 5.91 Å². The summed E-state index contributed by atoms with van der Waals surface area (Å²) in [6.45, 7) is 0. The molecular weight excluding hydrogens is 156 g/mol. The Morgan fingerprint density at radius 3 is 3.08 bits per heavy atom. The summed E-state index contributed by atoms with van der Waals surface area (Å²) >= 11 is 0. The summed E-state index contributed by atoms with van der Waals surface area (Å²) in [6, 6.07) is 0. The van der Waals surface area contributed by atoms with Crippen LogP contribution in [0.4, 0.5) is 0 Å². The highest BCUT2D eigenvalue weighted by molar-refractivity contribution is 5.91. The molecule has 0 aliphatic carbocycles. The van der Waals surface area contributed by atoms with E-state index >= 15 is 0 Å². The fourth-order valence-electron chi connectivity index (χ4n) is 1.02. The Morgan fingerprint density at radius 1 is 1.50 bits per heavy atom. The summed E-state index contributed by atoms with van der Waals surface area (Å²) in [5.41, 5.74) is 6.09. The molecule has 0 fully saturated rings. The molecule has 0 aliphatic rings. The van der Waals surface area contributed by atoms with Crippen molar-refractivity contribution in [3.8, 4) is 0 Å². The zero-order chi connectivity index (χ0) is 8.55. The minimum Gasteiger partial charge on any atom is -0.364 e. The first-order valence-corrected chi connectivity index (χ1v) is 3.36. The number of rotatable bonds is 1. The number of carbonyl (C=O) groups is 1. The van der Waals surface area contributed by atoms with Crippen molar-refractivity contribution in [2.24, 2.45) is 5.73 Å². The number of aromatic nitrogens is 3. The molecule has 2 N–H and O–H groups in total. The van der Waals surface area contributed by atoms with Crippen molar-refractivity contribution in [2.45, 2.75) is 0 Å². The van der Waals surface area contributed by atoms with Crippen molar-refractivity contribution in [3.63, 3.8) is 0 Å². The van der Waals surface area contributed by atoms with Crippen LogP contribution in [0.3, 0.4) is 0 Å². The quantitative estimate of drug-likeness (QED) is 0.632. The molecule has 5 heteroatoms. The van der Waals surface area contributed by atoms with Gasteiger partial charge in [-0.2, -0.15) is 0 Å². The second-order valence-electron chi connectivity index (χ2n) is 2.31. The molecule has 0 saturated heterocycles. The first kappa shape index (κ1) is 6.78. The molecule has 2 aromatic heterocycles. The lowest BCUT2D eigenvalue weighted by Crippen LogP contribution is -2.13. The number of carbonyl (C=O) groups excluding carboxylic acids is 1. The van der Waals surface area contributed by atoms with Crippen LogP contribution in [0.2, 0.25) is 0 Å². The zero-order valence-electron chi connectivity index (χ0n) is 6.14. The summed E-state index contributed by atoms with van der Waals surface area (Å²) in [6.07, 6.45) is 6.20. The average molecular weight is 162 g/mol. The molecule has 12 heavy (non-hydrogen) atoms. The van der Waals surface area contributed by atoms with Gasteiger partial charge in [-0.15, -0.1) is 0 Å². The fourth-order valence-corrected chi connectivity index (χ4v) is 1.02. The molecule has 5 nitrogen and oxygen atoms in total. The minimum absolute atomic E-state index is 0.368. The number of fused-ring (bicyclic) bond motifs is 1. The largest absolute Gasteiger partial charge is 0.364 e. The van der Waals surface area contributed by atoms with Crippen LogP contribution in [-0.2, 0) is 0 Å². The highest BCUT2D eigenvalue weighted by Gasteiger charge is 2.06. The molecule has 2 aromatic rings. The third-order valence-corrected chi connectivity index (χ3v) is 1.57. The number of hydrogen-bond donors (Lipinski definition) is 1. The van der Waals surface area contributed by atoms with Crippen molar-refractivity contribution in [1.29, 1.82) is 0 Å². The summed E-state index contributed by atoms with van der Waals surface area (Å²) < 4.78 is 1.59. The van der Waals surface area contributed by atoms with Crippen LogP contribution in [0.5, 0.6) is 0 Å². The molecule has 0 spiro atoms. The SMILES string of the molecule is NC(=O)c1cnc2cnccn12. The second kappa shape index (κ2) is 2.30. The summed E-state index contributed by atoms with van der Waals surface area (Å²) in [5, 5.41) is 0. The Hall–Kier alpha value is -1.91. The van der Waals surface area contributed by atoms with Crippen molar-refractivity contribution in [3.05, 3.63) is 30.5 Å². The normalized spacial score (nSPS) is 10.3. The standard InChI is InChI=1S/C7H6N4O/c8-7(12)5-3-10-6-4-9-1-2-11(5)6/h1-4H,(H2,8,12). The number of imidazole rings is 1. The van der Waals surface area contributed by atoms with Crippen molar-refractivity contribution >= 4 is 11.6 Å². The first-order valence-electron chi connectivity index (χ1n) is 3.36. The third-order valence-electron chi connectivity index (χ3n) is 1.57. The predicted octanol–water partition coefficient (Wildman–Crippen LogP) is -0.172. The molecule has 1 amide bonds. The number of amides is 1. The number of hydrogen-bond acceptors (Lipinski definition) is 3. The summed E-state index contributed by atoms with van der Waals surface area (Å²) in [5.74, 6) is -0.492. The smallest absolute Gasteiger partial charge is 0.267 e. The summed E-state index contributed by atoms with van der Waals surface area (Å²) in [4.78, 5) is 18.6. The molecule has 0 aromatic carbocycles. The molecular formula is C7H6N4O. The zero-order valence-corrected chi connectivity index (χ0v) is 6.14. The van der Waals surface area contributed by atoms with Crippen LogP contribution in [-0.4, -0.2) is 20.3 Å². The van der Waals surface area contributed by atoms with Gasteiger partial charge in [-0.05, 0) is 0 Å². The van der Waals surface area contributed by atoms with E-state index in [1.807, 2.05) is 0 Å². The van der Waals surface area contributed by atoms with E-state index in [9.17, 15) is 4.79 Å². The van der Waals surface area contributed by atoms with Gasteiger partial charge in [0.25, 0.3) is 5.91 Å². The Kier molecular flexibility index (Phi) is 1.30. The number of nitrogens with two attached hydrogens (primary N) is 1. The Balaban J connectivity index is 2.79. The lowest BCUT2D eigenvalue weighted by atomic mass is 10.4. The van der Waals surface area contributed by atoms with Crippen LogP contribution in [0.25, 0.3) is 5.65 Å². The molecule has 2 rings (SSSR count). The predicted molar refractivity (Wildman–Crippen MR) is 41.5 cm³/mol. The van der Waals surface area contributed by atoms with Crippen molar-refractivity contribution in [2.75, 3.05) is 0 Å². The van der Waals surface area contributed by atoms with Gasteiger partial charge < -0.3 is 5.73 Å². The highest BCUT2D eigenvalue weighted by atomic mass is 16.1. The maximum Gasteiger partial charge on any atom is 0.267 e. The van der Waals surface area contributed by atoms with E-state index in [1.54, 1.807) is 23.0 Å². The van der Waals surface area contributed by atoms with Gasteiger partial charge in [0.15, 0.2) is 5.65 Å². The van der Waals surface area contributed by atoms with Gasteiger partial charge in [0.1, 0.15) is 5.69 Å². The van der Waals surface area contributed by atoms with Crippen LogP contribution in [0.15, 0.2) is 24.8 Å². The van der Waals surface area contributed by atoms with E-state index in [-0.39, 0.29) is 0 Å². The molecule has 0 bridgehead atoms. The van der Waals surface area contributed by atoms with Gasteiger partial charge in [-0.3, -0.25) is 14.2 Å². The lowest BCUT2D eigenvalue weighted by molar-refractivity contribution is 0.0995. The van der Waals surface area contributed by atoms with Gasteiger partial charge in [-0.25, -0.2) is 4.98 Å². The third kappa shape index (κ3) is 0.833. The van der Waals surface area contributed by atoms with Crippen LogP contribution < -0.4 is 5.73 Å². The second-order valence-corrected chi connectivity index (χ2v) is 2.31. The Morgan fingerprint density at radius 2 is 2.33 bits per heavy atom. The number of primary amides is 1. The molecule has 2 heterocycles. The topological polar surface area (TPSA) is 73.3 Å². The van der Waals surface area contributed by atoms with Crippen LogP contribution in [0, 0.1) is 0 Å².